The van der Waals surface area contributed by atoms with Crippen LogP contribution in [0.3, 0.4) is 0 Å². The summed E-state index contributed by atoms with van der Waals surface area (Å²) < 4.78 is 42.0. The molecule has 0 saturated heterocycles. The van der Waals surface area contributed by atoms with E-state index in [4.69, 9.17) is 0 Å². The number of hydrogen-bond acceptors (Lipinski definition) is 0. The minimum Gasteiger partial charge on any atom is -0.240 e. The molecule has 0 aromatic heterocycles. The summed E-state index contributed by atoms with van der Waals surface area (Å²) in [5, 5.41) is 0. The molecule has 0 unspecified atom stereocenters. The Balaban J connectivity index is 1.91. The summed E-state index contributed by atoms with van der Waals surface area (Å²) in [7, 11) is 0. The van der Waals surface area contributed by atoms with Gasteiger partial charge in [-0.2, -0.15) is 0 Å². The Morgan fingerprint density at radius 1 is 1.08 bits per heavy atom. The summed E-state index contributed by atoms with van der Waals surface area (Å²) in [5.41, 5.74) is 0.0307. The van der Waals surface area contributed by atoms with Gasteiger partial charge >= 0.3 is 0 Å². The molecule has 3 heteroatoms. The Labute approximate surface area is 148 Å². The Morgan fingerprint density at radius 3 is 2.36 bits per heavy atom. The fourth-order valence-electron chi connectivity index (χ4n) is 4.36. The second-order valence-corrected chi connectivity index (χ2v) is 7.50. The largest absolute Gasteiger partial charge is 0.240 e. The van der Waals surface area contributed by atoms with Crippen LogP contribution in [0.15, 0.2) is 42.0 Å². The topological polar surface area (TPSA) is 0 Å². The van der Waals surface area contributed by atoms with Crippen LogP contribution in [0.1, 0.15) is 57.4 Å². The average Bonchev–Trinajstić information content (AvgIpc) is 2.65. The Bertz CT molecular complexity index is 674. The van der Waals surface area contributed by atoms with Crippen molar-refractivity contribution in [2.45, 2.75) is 58.0 Å². The number of allylic oxidation sites excluding steroid dienone is 2. The lowest BCUT2D eigenvalue weighted by molar-refractivity contribution is 0.0870. The Morgan fingerprint density at radius 2 is 1.76 bits per heavy atom. The van der Waals surface area contributed by atoms with Gasteiger partial charge in [0.25, 0.3) is 0 Å². The lowest BCUT2D eigenvalue weighted by atomic mass is 9.61. The minimum absolute atomic E-state index is 0.0342. The molecular weight excluding hydrogens is 321 g/mol. The third-order valence-electron chi connectivity index (χ3n) is 5.98. The van der Waals surface area contributed by atoms with Crippen molar-refractivity contribution >= 4 is 0 Å². The van der Waals surface area contributed by atoms with Gasteiger partial charge in [-0.15, -0.1) is 0 Å². The van der Waals surface area contributed by atoms with Crippen LogP contribution >= 0.6 is 0 Å². The molecule has 2 aliphatic carbocycles. The smallest absolute Gasteiger partial charge is 0.165 e. The van der Waals surface area contributed by atoms with Gasteiger partial charge in [0, 0.05) is 23.8 Å². The van der Waals surface area contributed by atoms with E-state index in [1.54, 1.807) is 0 Å². The normalized spacial score (nSPS) is 32.9. The highest BCUT2D eigenvalue weighted by atomic mass is 19.2. The number of rotatable bonds is 2. The molecular formula is C22H25F3. The molecule has 1 saturated carbocycles. The van der Waals surface area contributed by atoms with Gasteiger partial charge < -0.3 is 0 Å². The van der Waals surface area contributed by atoms with Crippen LogP contribution in [0.2, 0.25) is 0 Å². The van der Waals surface area contributed by atoms with Gasteiger partial charge in [-0.25, -0.2) is 13.2 Å². The number of benzene rings is 1. The summed E-state index contributed by atoms with van der Waals surface area (Å²) in [4.78, 5) is 0. The van der Waals surface area contributed by atoms with E-state index in [2.05, 4.69) is 18.8 Å². The van der Waals surface area contributed by atoms with Crippen molar-refractivity contribution in [2.75, 3.05) is 0 Å². The monoisotopic (exact) mass is 346 g/mol. The van der Waals surface area contributed by atoms with Gasteiger partial charge in [0.2, 0.25) is 0 Å². The van der Waals surface area contributed by atoms with E-state index >= 15 is 0 Å². The van der Waals surface area contributed by atoms with E-state index in [0.717, 1.165) is 37.7 Å². The second-order valence-electron chi connectivity index (χ2n) is 7.50. The number of alkyl halides is 1. The molecule has 0 nitrogen and oxygen atoms in total. The first-order valence-corrected chi connectivity index (χ1v) is 9.30. The average molecular weight is 346 g/mol. The molecule has 0 radical (unpaired) electrons. The zero-order valence-electron chi connectivity index (χ0n) is 14.7. The first kappa shape index (κ1) is 18.1. The van der Waals surface area contributed by atoms with Crippen LogP contribution in [0.25, 0.3) is 0 Å². The van der Waals surface area contributed by atoms with Crippen LogP contribution < -0.4 is 0 Å². The van der Waals surface area contributed by atoms with E-state index in [1.165, 1.54) is 0 Å². The predicted molar refractivity (Wildman–Crippen MR) is 94.9 cm³/mol. The van der Waals surface area contributed by atoms with Crippen molar-refractivity contribution in [1.82, 2.24) is 0 Å². The van der Waals surface area contributed by atoms with Crippen LogP contribution in [0, 0.1) is 29.1 Å². The fourth-order valence-corrected chi connectivity index (χ4v) is 4.36. The van der Waals surface area contributed by atoms with Crippen molar-refractivity contribution in [3.63, 3.8) is 0 Å². The molecule has 25 heavy (non-hydrogen) atoms. The van der Waals surface area contributed by atoms with Crippen molar-refractivity contribution in [3.8, 4) is 11.8 Å². The van der Waals surface area contributed by atoms with Crippen molar-refractivity contribution < 1.29 is 13.2 Å². The molecule has 0 amide bonds. The highest BCUT2D eigenvalue weighted by molar-refractivity contribution is 5.37. The van der Waals surface area contributed by atoms with E-state index < -0.39 is 23.2 Å². The van der Waals surface area contributed by atoms with E-state index in [1.807, 2.05) is 30.3 Å². The highest BCUT2D eigenvalue weighted by Crippen LogP contribution is 2.51. The quantitative estimate of drug-likeness (QED) is 0.535. The standard InChI is InChI=1S/C22H25F3/c1-2-16-8-10-18(11-9-16)22(13-12-17-6-4-3-5-7-17)14-19(23)21(25)20(24)15-22/h3-7,16,18-19H,2,8-11,14-15H2,1H3/t16?,18?,19-,22-/m1/s1. The van der Waals surface area contributed by atoms with Crippen LogP contribution in [0.4, 0.5) is 13.2 Å². The lowest BCUT2D eigenvalue weighted by Gasteiger charge is -2.43. The summed E-state index contributed by atoms with van der Waals surface area (Å²) in [6.07, 6.45) is 3.12. The van der Waals surface area contributed by atoms with Crippen molar-refractivity contribution in [1.29, 1.82) is 0 Å². The maximum atomic E-state index is 14.2. The second kappa shape index (κ2) is 7.68. The molecule has 0 bridgehead atoms. The molecule has 134 valence electrons. The van der Waals surface area contributed by atoms with Gasteiger partial charge in [-0.3, -0.25) is 0 Å². The maximum Gasteiger partial charge on any atom is 0.165 e. The molecule has 2 atom stereocenters. The Hall–Kier alpha value is -1.69. The molecule has 0 heterocycles. The van der Waals surface area contributed by atoms with Crippen molar-refractivity contribution in [3.05, 3.63) is 47.5 Å². The Kier molecular flexibility index (Phi) is 5.57. The lowest BCUT2D eigenvalue weighted by Crippen LogP contribution is -2.38. The first-order valence-electron chi connectivity index (χ1n) is 9.30. The molecule has 3 rings (SSSR count). The van der Waals surface area contributed by atoms with E-state index in [0.29, 0.717) is 5.92 Å². The fraction of sp³-hybridized carbons (Fsp3) is 0.545. The van der Waals surface area contributed by atoms with Crippen LogP contribution in [-0.2, 0) is 0 Å². The zero-order chi connectivity index (χ0) is 17.9. The maximum absolute atomic E-state index is 14.2. The van der Waals surface area contributed by atoms with Crippen LogP contribution in [0.5, 0.6) is 0 Å². The van der Waals surface area contributed by atoms with Crippen molar-refractivity contribution in [2.24, 2.45) is 17.3 Å². The number of hydrogen-bond donors (Lipinski definition) is 0. The highest BCUT2D eigenvalue weighted by Gasteiger charge is 2.46. The molecule has 0 aliphatic heterocycles. The number of halogens is 3. The summed E-state index contributed by atoms with van der Waals surface area (Å²) in [6.45, 7) is 2.19. The van der Waals surface area contributed by atoms with Gasteiger partial charge in [-0.05, 0) is 36.8 Å². The predicted octanol–water partition coefficient (Wildman–Crippen LogP) is 6.52. The summed E-state index contributed by atoms with van der Waals surface area (Å²) >= 11 is 0. The van der Waals surface area contributed by atoms with E-state index in [-0.39, 0.29) is 18.8 Å². The molecule has 1 aromatic carbocycles. The molecule has 1 fully saturated rings. The van der Waals surface area contributed by atoms with Gasteiger partial charge in [0.05, 0.1) is 0 Å². The molecule has 2 aliphatic rings. The minimum atomic E-state index is -1.87. The molecule has 0 spiro atoms. The van der Waals surface area contributed by atoms with Gasteiger partial charge in [-0.1, -0.05) is 56.2 Å². The SMILES string of the molecule is CCC1CCC([C@@]2(C#Cc3ccccc3)CC(F)=C(F)[C@H](F)C2)CC1. The zero-order valence-corrected chi connectivity index (χ0v) is 14.7. The third-order valence-corrected chi connectivity index (χ3v) is 5.98. The van der Waals surface area contributed by atoms with E-state index in [9.17, 15) is 13.2 Å². The first-order chi connectivity index (χ1) is 12.0. The van der Waals surface area contributed by atoms with Crippen LogP contribution in [-0.4, -0.2) is 6.17 Å². The summed E-state index contributed by atoms with van der Waals surface area (Å²) in [6, 6.07) is 9.46. The third kappa shape index (κ3) is 3.94. The molecule has 0 N–H and O–H groups in total. The summed E-state index contributed by atoms with van der Waals surface area (Å²) in [5.74, 6) is 4.96. The van der Waals surface area contributed by atoms with Gasteiger partial charge in [0.1, 0.15) is 5.83 Å². The molecule has 1 aromatic rings. The van der Waals surface area contributed by atoms with Gasteiger partial charge in [0.15, 0.2) is 12.0 Å².